The van der Waals surface area contributed by atoms with Crippen LogP contribution in [0.15, 0.2) is 0 Å². The van der Waals surface area contributed by atoms with Gasteiger partial charge in [0, 0.05) is 16.7 Å². The van der Waals surface area contributed by atoms with Crippen LogP contribution in [0.3, 0.4) is 0 Å². The Morgan fingerprint density at radius 2 is 0.615 bits per heavy atom. The first kappa shape index (κ1) is 31.1. The molecule has 1 saturated carbocycles. The summed E-state index contributed by atoms with van der Waals surface area (Å²) >= 11 is 0. The minimum atomic E-state index is -2.70. The van der Waals surface area contributed by atoms with Crippen molar-refractivity contribution in [3.63, 3.8) is 0 Å². The number of halogens is 15. The van der Waals surface area contributed by atoms with Gasteiger partial charge in [-0.2, -0.15) is 0 Å². The fourth-order valence-electron chi connectivity index (χ4n) is 4.50. The Morgan fingerprint density at radius 3 is 0.949 bits per heavy atom. The molecule has 0 aliphatic heterocycles. The zero-order valence-corrected chi connectivity index (χ0v) is 20.7. The summed E-state index contributed by atoms with van der Waals surface area (Å²) in [5.41, 5.74) is -5.55. The number of benzene rings is 3. The molecule has 1 fully saturated rings. The van der Waals surface area contributed by atoms with E-state index in [1.165, 1.54) is 0 Å². The summed E-state index contributed by atoms with van der Waals surface area (Å²) in [6.45, 7) is 0. The van der Waals surface area contributed by atoms with E-state index < -0.39 is 128 Å². The first-order valence-electron chi connectivity index (χ1n) is 10.0. The number of rotatable bonds is 3. The van der Waals surface area contributed by atoms with Gasteiger partial charge in [0.25, 0.3) is 0 Å². The molecule has 0 heterocycles. The zero-order chi connectivity index (χ0) is 28.5. The SMILES string of the molecule is Fc1c(F)c(F)c(C2[CH-]C(c3c(F)c(F)c(F)c(F)c3F)C(c3c(F)c(F)c(F)c(F)c3F)C2)c(F)c1F.[Na+]. The summed E-state index contributed by atoms with van der Waals surface area (Å²) in [4.78, 5) is 0. The van der Waals surface area contributed by atoms with Gasteiger partial charge >= 0.3 is 29.6 Å². The van der Waals surface area contributed by atoms with Crippen molar-refractivity contribution in [1.29, 1.82) is 0 Å². The second-order valence-corrected chi connectivity index (χ2v) is 8.12. The molecule has 3 unspecified atom stereocenters. The average molecular weight is 590 g/mol. The van der Waals surface area contributed by atoms with E-state index in [-0.39, 0.29) is 36.0 Å². The zero-order valence-electron chi connectivity index (χ0n) is 18.7. The van der Waals surface area contributed by atoms with E-state index in [2.05, 4.69) is 0 Å². The molecule has 0 spiro atoms. The van der Waals surface area contributed by atoms with Crippen molar-refractivity contribution >= 4 is 0 Å². The Kier molecular flexibility index (Phi) is 8.69. The van der Waals surface area contributed by atoms with Gasteiger partial charge in [0.2, 0.25) is 17.5 Å². The fraction of sp³-hybridized carbons (Fsp3) is 0.174. The van der Waals surface area contributed by atoms with Crippen LogP contribution in [-0.2, 0) is 0 Å². The molecule has 0 nitrogen and oxygen atoms in total. The van der Waals surface area contributed by atoms with Crippen LogP contribution < -0.4 is 29.6 Å². The van der Waals surface area contributed by atoms with Crippen LogP contribution >= 0.6 is 0 Å². The Labute approximate surface area is 229 Å². The summed E-state index contributed by atoms with van der Waals surface area (Å²) in [6, 6.07) is 0. The van der Waals surface area contributed by atoms with Gasteiger partial charge in [-0.15, -0.1) is 11.8 Å². The van der Waals surface area contributed by atoms with Crippen LogP contribution in [0.25, 0.3) is 0 Å². The smallest absolute Gasteiger partial charge is 0.313 e. The van der Waals surface area contributed by atoms with Crippen molar-refractivity contribution < 1.29 is 95.4 Å². The molecule has 16 heteroatoms. The van der Waals surface area contributed by atoms with Crippen LogP contribution in [0, 0.1) is 93.7 Å². The minimum absolute atomic E-state index is 0. The van der Waals surface area contributed by atoms with Crippen molar-refractivity contribution in [1.82, 2.24) is 0 Å². The minimum Gasteiger partial charge on any atom is -0.313 e. The maximum absolute atomic E-state index is 14.6. The third kappa shape index (κ3) is 4.59. The molecule has 1 aliphatic rings. The van der Waals surface area contributed by atoms with E-state index >= 15 is 0 Å². The maximum atomic E-state index is 14.6. The molecule has 0 radical (unpaired) electrons. The molecule has 1 aliphatic carbocycles. The Hall–Kier alpha value is -2.39. The predicted octanol–water partition coefficient (Wildman–Crippen LogP) is 5.04. The summed E-state index contributed by atoms with van der Waals surface area (Å²) < 4.78 is 211. The summed E-state index contributed by atoms with van der Waals surface area (Å²) in [5.74, 6) is -46.5. The molecule has 0 aromatic heterocycles. The van der Waals surface area contributed by atoms with Crippen LogP contribution in [0.4, 0.5) is 65.9 Å². The van der Waals surface area contributed by atoms with Crippen molar-refractivity contribution in [2.75, 3.05) is 0 Å². The molecular formula is C23H6F15Na. The van der Waals surface area contributed by atoms with E-state index in [0.29, 0.717) is 0 Å². The first-order valence-corrected chi connectivity index (χ1v) is 10.0. The molecule has 0 saturated heterocycles. The molecule has 39 heavy (non-hydrogen) atoms. The topological polar surface area (TPSA) is 0 Å². The van der Waals surface area contributed by atoms with Crippen molar-refractivity contribution in [3.05, 3.63) is 110 Å². The third-order valence-corrected chi connectivity index (χ3v) is 6.19. The molecule has 4 rings (SSSR count). The van der Waals surface area contributed by atoms with E-state index in [0.717, 1.165) is 0 Å². The molecular weight excluding hydrogens is 584 g/mol. The maximum Gasteiger partial charge on any atom is 1.00 e. The first-order chi connectivity index (χ1) is 17.6. The van der Waals surface area contributed by atoms with Crippen molar-refractivity contribution in [2.45, 2.75) is 24.2 Å². The Balaban J connectivity index is 0.00000420. The second-order valence-electron chi connectivity index (χ2n) is 8.12. The van der Waals surface area contributed by atoms with Gasteiger partial charge in [0.05, 0.1) is 0 Å². The number of hydrogen-bond acceptors (Lipinski definition) is 0. The average Bonchev–Trinajstić information content (AvgIpc) is 3.30. The Bertz CT molecular complexity index is 1340. The van der Waals surface area contributed by atoms with E-state index in [9.17, 15) is 65.9 Å². The molecule has 3 aromatic rings. The summed E-state index contributed by atoms with van der Waals surface area (Å²) in [7, 11) is 0. The molecule has 0 amide bonds. The molecule has 3 aromatic carbocycles. The summed E-state index contributed by atoms with van der Waals surface area (Å²) in [6.07, 6.45) is -1.14. The van der Waals surface area contributed by atoms with E-state index in [1.807, 2.05) is 0 Å². The molecule has 0 bridgehead atoms. The summed E-state index contributed by atoms with van der Waals surface area (Å²) in [5, 5.41) is 0. The van der Waals surface area contributed by atoms with Crippen LogP contribution in [0.2, 0.25) is 0 Å². The largest absolute Gasteiger partial charge is 1.00 e. The standard InChI is InChI=1S/C23H6F15.Na/c24-9-6(10(25)16(31)21(36)15(9)30)3-1-4(7-11(26)17(32)22(37)18(33)12(7)27)5(2-3)8-13(28)19(34)23(38)20(35)14(8)29;/h1,3-5H,2H2;/q-1;+1. The van der Waals surface area contributed by atoms with Gasteiger partial charge in [0.1, 0.15) is 0 Å². The van der Waals surface area contributed by atoms with Crippen LogP contribution in [-0.4, -0.2) is 0 Å². The quantitative estimate of drug-likeness (QED) is 0.132. The Morgan fingerprint density at radius 1 is 0.359 bits per heavy atom. The van der Waals surface area contributed by atoms with Crippen molar-refractivity contribution in [2.24, 2.45) is 0 Å². The van der Waals surface area contributed by atoms with Gasteiger partial charge in [-0.1, -0.05) is 6.42 Å². The molecule has 3 atom stereocenters. The monoisotopic (exact) mass is 590 g/mol. The predicted molar refractivity (Wildman–Crippen MR) is 95.8 cm³/mol. The van der Waals surface area contributed by atoms with Gasteiger partial charge in [-0.05, 0) is 5.92 Å². The third-order valence-electron chi connectivity index (χ3n) is 6.19. The van der Waals surface area contributed by atoms with E-state index in [4.69, 9.17) is 0 Å². The van der Waals surface area contributed by atoms with Crippen LogP contribution in [0.1, 0.15) is 40.9 Å². The van der Waals surface area contributed by atoms with E-state index in [1.54, 1.807) is 0 Å². The second kappa shape index (κ2) is 10.9. The number of hydrogen-bond donors (Lipinski definition) is 0. The normalized spacial score (nSPS) is 19.0. The molecule has 0 N–H and O–H groups in total. The van der Waals surface area contributed by atoms with Crippen LogP contribution in [0.5, 0.6) is 0 Å². The van der Waals surface area contributed by atoms with Gasteiger partial charge in [-0.3, -0.25) is 0 Å². The van der Waals surface area contributed by atoms with Gasteiger partial charge in [0.15, 0.2) is 69.8 Å². The van der Waals surface area contributed by atoms with Gasteiger partial charge < -0.3 is 6.42 Å². The molecule has 204 valence electrons. The van der Waals surface area contributed by atoms with Crippen molar-refractivity contribution in [3.8, 4) is 0 Å². The fourth-order valence-corrected chi connectivity index (χ4v) is 4.50. The van der Waals surface area contributed by atoms with Gasteiger partial charge in [-0.25, -0.2) is 65.9 Å².